The van der Waals surface area contributed by atoms with Crippen LogP contribution in [-0.4, -0.2) is 40.6 Å². The van der Waals surface area contributed by atoms with Gasteiger partial charge in [-0.1, -0.05) is 44.0 Å². The Morgan fingerprint density at radius 3 is 1.98 bits per heavy atom. The SMILES string of the molecule is CB1OCc2ccc(NS(=O)(=O)c3ccccn3)cc21.CB1OCc2cccc(NS(=O)(=O)c3ccccn3)c21. The van der Waals surface area contributed by atoms with Crippen LogP contribution >= 0.6 is 0 Å². The van der Waals surface area contributed by atoms with E-state index in [-0.39, 0.29) is 23.9 Å². The van der Waals surface area contributed by atoms with Crippen molar-refractivity contribution < 1.29 is 26.1 Å². The number of benzene rings is 2. The molecule has 6 rings (SSSR count). The van der Waals surface area contributed by atoms with Gasteiger partial charge in [0.1, 0.15) is 0 Å². The maximum absolute atomic E-state index is 12.3. The molecule has 14 heteroatoms. The molecule has 40 heavy (non-hydrogen) atoms. The van der Waals surface area contributed by atoms with E-state index in [1.807, 2.05) is 37.9 Å². The zero-order valence-electron chi connectivity index (χ0n) is 21.8. The van der Waals surface area contributed by atoms with Gasteiger partial charge in [0.05, 0.1) is 13.2 Å². The molecule has 2 aliphatic heterocycles. The lowest BCUT2D eigenvalue weighted by Gasteiger charge is -2.12. The standard InChI is InChI=1S/2C13H13BN2O3S/c1-14-13-10(9-19-14)5-4-6-11(13)16-20(17,18)12-7-2-3-8-15-12;1-14-12-8-11(6-5-10(12)9-19-14)16-20(17,18)13-4-2-3-7-15-13/h2*2-8,16H,9H2,1H3. The fraction of sp³-hybridized carbons (Fsp3) is 0.154. The van der Waals surface area contributed by atoms with Crippen LogP contribution in [-0.2, 0) is 42.6 Å². The number of aromatic nitrogens is 2. The number of sulfonamides is 2. The van der Waals surface area contributed by atoms with Gasteiger partial charge in [0.15, 0.2) is 10.1 Å². The summed E-state index contributed by atoms with van der Waals surface area (Å²) in [6, 6.07) is 20.5. The van der Waals surface area contributed by atoms with Crippen molar-refractivity contribution in [2.75, 3.05) is 9.44 Å². The minimum atomic E-state index is -3.67. The Hall–Kier alpha value is -3.71. The molecule has 10 nitrogen and oxygen atoms in total. The van der Waals surface area contributed by atoms with Crippen LogP contribution in [0.3, 0.4) is 0 Å². The van der Waals surface area contributed by atoms with E-state index in [0.717, 1.165) is 22.1 Å². The number of hydrogen-bond donors (Lipinski definition) is 2. The van der Waals surface area contributed by atoms with Gasteiger partial charge in [-0.05, 0) is 64.5 Å². The van der Waals surface area contributed by atoms with Crippen LogP contribution in [0.15, 0.2) is 95.2 Å². The van der Waals surface area contributed by atoms with Gasteiger partial charge in [0.25, 0.3) is 20.0 Å². The van der Waals surface area contributed by atoms with Crippen LogP contribution in [0.4, 0.5) is 11.4 Å². The van der Waals surface area contributed by atoms with Gasteiger partial charge in [-0.15, -0.1) is 0 Å². The molecule has 0 aliphatic carbocycles. The predicted molar refractivity (Wildman–Crippen MR) is 155 cm³/mol. The fourth-order valence-electron chi connectivity index (χ4n) is 4.50. The van der Waals surface area contributed by atoms with Crippen LogP contribution in [0.5, 0.6) is 0 Å². The van der Waals surface area contributed by atoms with Gasteiger partial charge in [-0.2, -0.15) is 16.8 Å². The number of fused-ring (bicyclic) bond motifs is 2. The lowest BCUT2D eigenvalue weighted by Crippen LogP contribution is -2.29. The minimum absolute atomic E-state index is 0.00386. The highest BCUT2D eigenvalue weighted by molar-refractivity contribution is 7.93. The summed E-state index contributed by atoms with van der Waals surface area (Å²) >= 11 is 0. The largest absolute Gasteiger partial charge is 0.427 e. The molecule has 0 saturated carbocycles. The molecule has 204 valence electrons. The molecule has 2 aliphatic rings. The van der Waals surface area contributed by atoms with Crippen LogP contribution < -0.4 is 20.4 Å². The number of pyridine rings is 2. The molecule has 2 aromatic carbocycles. The number of rotatable bonds is 6. The molecule has 0 bridgehead atoms. The molecule has 0 atom stereocenters. The number of nitrogens with zero attached hydrogens (tertiary/aromatic N) is 2. The second-order valence-electron chi connectivity index (χ2n) is 9.25. The van der Waals surface area contributed by atoms with E-state index in [1.165, 1.54) is 24.5 Å². The van der Waals surface area contributed by atoms with Crippen molar-refractivity contribution in [1.29, 1.82) is 0 Å². The highest BCUT2D eigenvalue weighted by atomic mass is 32.2. The summed E-state index contributed by atoms with van der Waals surface area (Å²) in [4.78, 5) is 7.74. The quantitative estimate of drug-likeness (QED) is 0.335. The van der Waals surface area contributed by atoms with Gasteiger partial charge in [0, 0.05) is 23.8 Å². The summed E-state index contributed by atoms with van der Waals surface area (Å²) in [7, 11) is -7.33. The fourth-order valence-corrected chi connectivity index (χ4v) is 6.52. The Kier molecular flexibility index (Phi) is 7.95. The maximum Gasteiger partial charge on any atom is 0.326 e. The molecule has 2 N–H and O–H groups in total. The Bertz CT molecular complexity index is 1730. The topological polar surface area (TPSA) is 137 Å². The van der Waals surface area contributed by atoms with E-state index < -0.39 is 20.0 Å². The third kappa shape index (κ3) is 6.04. The molecule has 0 saturated heterocycles. The van der Waals surface area contributed by atoms with E-state index in [0.29, 0.717) is 24.6 Å². The molecule has 4 aromatic rings. The van der Waals surface area contributed by atoms with Gasteiger partial charge in [-0.3, -0.25) is 9.44 Å². The third-order valence-corrected chi connectivity index (χ3v) is 9.06. The zero-order valence-corrected chi connectivity index (χ0v) is 23.4. The normalized spacial score (nSPS) is 14.2. The lowest BCUT2D eigenvalue weighted by molar-refractivity contribution is 0.333. The van der Waals surface area contributed by atoms with Gasteiger partial charge in [0.2, 0.25) is 0 Å². The van der Waals surface area contributed by atoms with Crippen LogP contribution in [0.2, 0.25) is 13.6 Å². The average Bonchev–Trinajstić information content (AvgIpc) is 3.52. The second kappa shape index (κ2) is 11.4. The first-order chi connectivity index (χ1) is 19.1. The van der Waals surface area contributed by atoms with Crippen molar-refractivity contribution in [1.82, 2.24) is 9.97 Å². The highest BCUT2D eigenvalue weighted by Crippen LogP contribution is 2.20. The van der Waals surface area contributed by atoms with E-state index in [9.17, 15) is 16.8 Å². The van der Waals surface area contributed by atoms with Crippen molar-refractivity contribution in [2.24, 2.45) is 0 Å². The average molecular weight is 576 g/mol. The summed E-state index contributed by atoms with van der Waals surface area (Å²) in [6.45, 7) is 4.81. The summed E-state index contributed by atoms with van der Waals surface area (Å²) in [5, 5.41) is 0.00830. The Morgan fingerprint density at radius 2 is 1.32 bits per heavy atom. The van der Waals surface area contributed by atoms with Crippen LogP contribution in [0, 0.1) is 0 Å². The smallest absolute Gasteiger partial charge is 0.326 e. The molecule has 0 fully saturated rings. The van der Waals surface area contributed by atoms with Crippen LogP contribution in [0.25, 0.3) is 0 Å². The highest BCUT2D eigenvalue weighted by Gasteiger charge is 2.28. The monoisotopic (exact) mass is 576 g/mol. The van der Waals surface area contributed by atoms with E-state index in [2.05, 4.69) is 19.4 Å². The van der Waals surface area contributed by atoms with Crippen molar-refractivity contribution in [3.8, 4) is 0 Å². The van der Waals surface area contributed by atoms with E-state index in [4.69, 9.17) is 9.31 Å². The molecule has 0 unspecified atom stereocenters. The molecule has 0 amide bonds. The molecular weight excluding hydrogens is 550 g/mol. The predicted octanol–water partition coefficient (Wildman–Crippen LogP) is 2.48. The molecule has 4 heterocycles. The Balaban J connectivity index is 0.000000161. The maximum atomic E-state index is 12.3. The first kappa shape index (κ1) is 27.8. The summed E-state index contributed by atoms with van der Waals surface area (Å²) in [6.07, 6.45) is 2.91. The van der Waals surface area contributed by atoms with Crippen molar-refractivity contribution >= 4 is 56.2 Å². The van der Waals surface area contributed by atoms with E-state index >= 15 is 0 Å². The first-order valence-electron chi connectivity index (χ1n) is 12.5. The number of anilines is 2. The lowest BCUT2D eigenvalue weighted by atomic mass is 9.63. The van der Waals surface area contributed by atoms with Gasteiger partial charge in [-0.25, -0.2) is 9.97 Å². The third-order valence-electron chi connectivity index (χ3n) is 6.49. The number of hydrogen-bond acceptors (Lipinski definition) is 8. The molecule has 2 aromatic heterocycles. The van der Waals surface area contributed by atoms with Gasteiger partial charge >= 0.3 is 13.8 Å². The zero-order chi connectivity index (χ0) is 28.3. The minimum Gasteiger partial charge on any atom is -0.427 e. The summed E-state index contributed by atoms with van der Waals surface area (Å²) in [5.41, 5.74) is 5.10. The van der Waals surface area contributed by atoms with Crippen LogP contribution in [0.1, 0.15) is 11.1 Å². The van der Waals surface area contributed by atoms with Crippen molar-refractivity contribution in [3.63, 3.8) is 0 Å². The second-order valence-corrected chi connectivity index (χ2v) is 12.5. The van der Waals surface area contributed by atoms with E-state index in [1.54, 1.807) is 36.4 Å². The van der Waals surface area contributed by atoms with Crippen molar-refractivity contribution in [3.05, 3.63) is 96.3 Å². The molecule has 0 radical (unpaired) electrons. The Labute approximate surface area is 234 Å². The molecular formula is C26H26B2N4O6S2. The summed E-state index contributed by atoms with van der Waals surface area (Å²) in [5.74, 6) is 0. The number of nitrogens with one attached hydrogen (secondary N) is 2. The molecule has 0 spiro atoms. The Morgan fingerprint density at radius 1 is 0.700 bits per heavy atom. The first-order valence-corrected chi connectivity index (χ1v) is 15.5. The summed E-state index contributed by atoms with van der Waals surface area (Å²) < 4.78 is 65.1. The van der Waals surface area contributed by atoms with Gasteiger partial charge < -0.3 is 9.31 Å². The van der Waals surface area contributed by atoms with Crippen molar-refractivity contribution in [2.45, 2.75) is 36.9 Å².